The molecule has 3 rings (SSSR count). The van der Waals surface area contributed by atoms with Gasteiger partial charge >= 0.3 is 5.63 Å². The molecular weight excluding hydrogens is 246 g/mol. The van der Waals surface area contributed by atoms with Gasteiger partial charge in [-0.1, -0.05) is 18.2 Å². The molecule has 2 N–H and O–H groups in total. The fourth-order valence-electron chi connectivity index (χ4n) is 1.74. The van der Waals surface area contributed by atoms with Crippen molar-refractivity contribution in [1.29, 1.82) is 0 Å². The lowest BCUT2D eigenvalue weighted by atomic mass is 10.2. The molecule has 0 atom stereocenters. The van der Waals surface area contributed by atoms with Crippen LogP contribution in [0.5, 0.6) is 0 Å². The molecule has 0 saturated carbocycles. The lowest BCUT2D eigenvalue weighted by Gasteiger charge is -2.02. The molecule has 0 unspecified atom stereocenters. The van der Waals surface area contributed by atoms with Gasteiger partial charge in [0.25, 0.3) is 5.91 Å². The molecule has 2 heterocycles. The van der Waals surface area contributed by atoms with Gasteiger partial charge in [0, 0.05) is 11.6 Å². The first-order valence-electron chi connectivity index (χ1n) is 5.57. The number of fused-ring (bicyclic) bond motifs is 1. The summed E-state index contributed by atoms with van der Waals surface area (Å²) in [6.07, 6.45) is 2.96. The number of benzene rings is 1. The van der Waals surface area contributed by atoms with E-state index in [2.05, 4.69) is 15.5 Å². The van der Waals surface area contributed by atoms with Gasteiger partial charge < -0.3 is 9.73 Å². The van der Waals surface area contributed by atoms with Crippen molar-refractivity contribution in [2.24, 2.45) is 0 Å². The number of hydrogen-bond donors (Lipinski definition) is 2. The van der Waals surface area contributed by atoms with Crippen molar-refractivity contribution in [3.05, 3.63) is 58.7 Å². The molecule has 0 aliphatic heterocycles. The van der Waals surface area contributed by atoms with Gasteiger partial charge in [-0.05, 0) is 12.1 Å². The Hall–Kier alpha value is -2.89. The third-order valence-corrected chi connectivity index (χ3v) is 2.64. The number of anilines is 1. The second-order valence-corrected chi connectivity index (χ2v) is 3.93. The minimum Gasteiger partial charge on any atom is -0.422 e. The van der Waals surface area contributed by atoms with Crippen LogP contribution in [0.15, 0.2) is 51.9 Å². The molecule has 94 valence electrons. The maximum atomic E-state index is 12.0. The van der Waals surface area contributed by atoms with Crippen LogP contribution in [0.1, 0.15) is 10.4 Å². The summed E-state index contributed by atoms with van der Waals surface area (Å²) in [5.41, 5.74) is 0.226. The molecule has 0 aliphatic rings. The number of aromatic nitrogens is 2. The zero-order chi connectivity index (χ0) is 13.2. The molecule has 0 saturated heterocycles. The van der Waals surface area contributed by atoms with E-state index in [0.29, 0.717) is 16.7 Å². The van der Waals surface area contributed by atoms with Crippen LogP contribution < -0.4 is 10.9 Å². The summed E-state index contributed by atoms with van der Waals surface area (Å²) >= 11 is 0. The van der Waals surface area contributed by atoms with Gasteiger partial charge in [0.2, 0.25) is 0 Å². The first kappa shape index (κ1) is 11.2. The quantitative estimate of drug-likeness (QED) is 0.683. The number of aromatic amines is 1. The summed E-state index contributed by atoms with van der Waals surface area (Å²) in [7, 11) is 0. The maximum absolute atomic E-state index is 12.0. The Morgan fingerprint density at radius 2 is 2.16 bits per heavy atom. The average Bonchev–Trinajstić information content (AvgIpc) is 2.90. The normalized spacial score (nSPS) is 10.5. The minimum absolute atomic E-state index is 0.0418. The van der Waals surface area contributed by atoms with Gasteiger partial charge in [-0.2, -0.15) is 5.10 Å². The third-order valence-electron chi connectivity index (χ3n) is 2.64. The number of nitrogens with one attached hydrogen (secondary N) is 2. The van der Waals surface area contributed by atoms with Gasteiger partial charge in [0.1, 0.15) is 11.1 Å². The number of hydrogen-bond acceptors (Lipinski definition) is 4. The standard InChI is InChI=1S/C13H9N3O3/c17-12(16-9-6-14-15-7-9)10-5-8-3-1-2-4-11(8)19-13(10)18/h1-7H,(H,14,15)(H,16,17). The van der Waals surface area contributed by atoms with E-state index in [0.717, 1.165) is 0 Å². The van der Waals surface area contributed by atoms with Gasteiger partial charge in [0.15, 0.2) is 0 Å². The van der Waals surface area contributed by atoms with Crippen LogP contribution in [0.25, 0.3) is 11.0 Å². The molecule has 19 heavy (non-hydrogen) atoms. The summed E-state index contributed by atoms with van der Waals surface area (Å²) in [5, 5.41) is 9.51. The van der Waals surface area contributed by atoms with Crippen LogP contribution in [-0.2, 0) is 0 Å². The zero-order valence-electron chi connectivity index (χ0n) is 9.71. The number of rotatable bonds is 2. The number of para-hydroxylation sites is 1. The number of nitrogens with zero attached hydrogens (tertiary/aromatic N) is 1. The molecule has 0 radical (unpaired) electrons. The van der Waals surface area contributed by atoms with Crippen molar-refractivity contribution in [2.45, 2.75) is 0 Å². The van der Waals surface area contributed by atoms with E-state index in [1.165, 1.54) is 18.5 Å². The topological polar surface area (TPSA) is 88.0 Å². The molecule has 0 fully saturated rings. The average molecular weight is 255 g/mol. The molecule has 3 aromatic rings. The number of H-pyrrole nitrogens is 1. The Morgan fingerprint density at radius 1 is 1.32 bits per heavy atom. The van der Waals surface area contributed by atoms with Crippen LogP contribution in [0, 0.1) is 0 Å². The van der Waals surface area contributed by atoms with E-state index in [-0.39, 0.29) is 5.56 Å². The summed E-state index contributed by atoms with van der Waals surface area (Å²) in [4.78, 5) is 23.7. The fourth-order valence-corrected chi connectivity index (χ4v) is 1.74. The second-order valence-electron chi connectivity index (χ2n) is 3.93. The second kappa shape index (κ2) is 4.41. The lowest BCUT2D eigenvalue weighted by Crippen LogP contribution is -2.20. The maximum Gasteiger partial charge on any atom is 0.349 e. The molecular formula is C13H9N3O3. The predicted molar refractivity (Wildman–Crippen MR) is 69.0 cm³/mol. The van der Waals surface area contributed by atoms with E-state index >= 15 is 0 Å². The summed E-state index contributed by atoms with van der Waals surface area (Å²) in [5.74, 6) is -0.527. The fraction of sp³-hybridized carbons (Fsp3) is 0. The van der Waals surface area contributed by atoms with Crippen LogP contribution in [0.2, 0.25) is 0 Å². The van der Waals surface area contributed by atoms with E-state index in [9.17, 15) is 9.59 Å². The number of carbonyl (C=O) groups is 1. The number of amides is 1. The Labute approximate surface area is 107 Å². The Bertz CT molecular complexity index is 790. The predicted octanol–water partition coefficient (Wildman–Crippen LogP) is 1.77. The molecule has 0 bridgehead atoms. The van der Waals surface area contributed by atoms with Gasteiger partial charge in [-0.25, -0.2) is 4.79 Å². The molecule has 1 amide bonds. The van der Waals surface area contributed by atoms with E-state index < -0.39 is 11.5 Å². The van der Waals surface area contributed by atoms with Crippen molar-refractivity contribution in [3.8, 4) is 0 Å². The zero-order valence-corrected chi connectivity index (χ0v) is 9.71. The monoisotopic (exact) mass is 255 g/mol. The Balaban J connectivity index is 2.02. The van der Waals surface area contributed by atoms with Gasteiger partial charge in [-0.3, -0.25) is 9.89 Å². The lowest BCUT2D eigenvalue weighted by molar-refractivity contribution is 0.102. The van der Waals surface area contributed by atoms with Crippen molar-refractivity contribution < 1.29 is 9.21 Å². The van der Waals surface area contributed by atoms with Crippen molar-refractivity contribution in [2.75, 3.05) is 5.32 Å². The highest BCUT2D eigenvalue weighted by atomic mass is 16.4. The van der Waals surface area contributed by atoms with Crippen LogP contribution in [0.4, 0.5) is 5.69 Å². The Morgan fingerprint density at radius 3 is 2.95 bits per heavy atom. The number of carbonyl (C=O) groups excluding carboxylic acids is 1. The van der Waals surface area contributed by atoms with Gasteiger partial charge in [-0.15, -0.1) is 0 Å². The molecule has 0 spiro atoms. The van der Waals surface area contributed by atoms with Crippen molar-refractivity contribution in [3.63, 3.8) is 0 Å². The van der Waals surface area contributed by atoms with Crippen LogP contribution >= 0.6 is 0 Å². The highest BCUT2D eigenvalue weighted by molar-refractivity contribution is 6.05. The molecule has 1 aromatic carbocycles. The molecule has 6 heteroatoms. The third kappa shape index (κ3) is 2.11. The molecule has 6 nitrogen and oxygen atoms in total. The van der Waals surface area contributed by atoms with Gasteiger partial charge in [0.05, 0.1) is 11.9 Å². The summed E-state index contributed by atoms with van der Waals surface area (Å²) in [6, 6.07) is 8.52. The highest BCUT2D eigenvalue weighted by Gasteiger charge is 2.13. The highest BCUT2D eigenvalue weighted by Crippen LogP contribution is 2.13. The van der Waals surface area contributed by atoms with Crippen molar-refractivity contribution in [1.82, 2.24) is 10.2 Å². The smallest absolute Gasteiger partial charge is 0.349 e. The van der Waals surface area contributed by atoms with Crippen LogP contribution in [-0.4, -0.2) is 16.1 Å². The first-order valence-corrected chi connectivity index (χ1v) is 5.57. The van der Waals surface area contributed by atoms with E-state index in [1.54, 1.807) is 24.3 Å². The largest absolute Gasteiger partial charge is 0.422 e. The molecule has 2 aromatic heterocycles. The van der Waals surface area contributed by atoms with E-state index in [1.807, 2.05) is 0 Å². The first-order chi connectivity index (χ1) is 9.24. The minimum atomic E-state index is -0.667. The summed E-state index contributed by atoms with van der Waals surface area (Å²) < 4.78 is 5.09. The van der Waals surface area contributed by atoms with Crippen molar-refractivity contribution >= 4 is 22.6 Å². The SMILES string of the molecule is O=C(Nc1cn[nH]c1)c1cc2ccccc2oc1=O. The molecule has 0 aliphatic carbocycles. The van der Waals surface area contributed by atoms with E-state index in [4.69, 9.17) is 4.42 Å². The Kier molecular flexibility index (Phi) is 2.60. The summed E-state index contributed by atoms with van der Waals surface area (Å²) in [6.45, 7) is 0. The van der Waals surface area contributed by atoms with Crippen LogP contribution in [0.3, 0.4) is 0 Å².